The van der Waals surface area contributed by atoms with E-state index >= 15 is 0 Å². The number of aliphatic imine (C=N–C) groups is 1. The van der Waals surface area contributed by atoms with Gasteiger partial charge in [-0.25, -0.2) is 0 Å². The Hall–Kier alpha value is -2.04. The Morgan fingerprint density at radius 3 is 2.65 bits per heavy atom. The second kappa shape index (κ2) is 11.5. The number of amides is 1. The van der Waals surface area contributed by atoms with E-state index in [4.69, 9.17) is 0 Å². The van der Waals surface area contributed by atoms with Crippen molar-refractivity contribution in [2.75, 3.05) is 18.9 Å². The largest absolute Gasteiger partial charge is 0.356 e. The molecule has 1 rings (SSSR count). The predicted octanol–water partition coefficient (Wildman–Crippen LogP) is 3.28. The van der Waals surface area contributed by atoms with E-state index in [2.05, 4.69) is 27.9 Å². The van der Waals surface area contributed by atoms with Crippen LogP contribution in [0.25, 0.3) is 0 Å². The molecule has 3 N–H and O–H groups in total. The summed E-state index contributed by atoms with van der Waals surface area (Å²) in [7, 11) is 1.77. The Bertz CT molecular complexity index is 500. The van der Waals surface area contributed by atoms with Crippen LogP contribution in [0.15, 0.2) is 29.3 Å². The van der Waals surface area contributed by atoms with Gasteiger partial charge in [-0.05, 0) is 30.5 Å². The molecule has 128 valence electrons. The van der Waals surface area contributed by atoms with Crippen molar-refractivity contribution < 1.29 is 4.79 Å². The fourth-order valence-corrected chi connectivity index (χ4v) is 2.20. The zero-order valence-corrected chi connectivity index (χ0v) is 14.6. The summed E-state index contributed by atoms with van der Waals surface area (Å²) in [5, 5.41) is 9.52. The van der Waals surface area contributed by atoms with Gasteiger partial charge in [0.05, 0.1) is 0 Å². The average Bonchev–Trinajstić information content (AvgIpc) is 2.55. The average molecular weight is 318 g/mol. The molecule has 0 spiro atoms. The normalized spacial score (nSPS) is 11.2. The molecule has 0 fully saturated rings. The van der Waals surface area contributed by atoms with Crippen LogP contribution in [0.3, 0.4) is 0 Å². The predicted molar refractivity (Wildman–Crippen MR) is 97.7 cm³/mol. The van der Waals surface area contributed by atoms with Crippen molar-refractivity contribution in [1.29, 1.82) is 0 Å². The fourth-order valence-electron chi connectivity index (χ4n) is 2.20. The molecule has 0 atom stereocenters. The van der Waals surface area contributed by atoms with Crippen molar-refractivity contribution in [1.82, 2.24) is 10.6 Å². The van der Waals surface area contributed by atoms with Gasteiger partial charge >= 0.3 is 0 Å². The van der Waals surface area contributed by atoms with Crippen molar-refractivity contribution in [3.05, 3.63) is 29.8 Å². The molecule has 23 heavy (non-hydrogen) atoms. The fraction of sp³-hybridized carbons (Fsp3) is 0.556. The number of guanidine groups is 1. The number of unbranched alkanes of at least 4 members (excludes halogenated alkanes) is 2. The molecule has 0 aliphatic rings. The van der Waals surface area contributed by atoms with Gasteiger partial charge < -0.3 is 16.0 Å². The molecule has 0 heterocycles. The first-order chi connectivity index (χ1) is 11.2. The Morgan fingerprint density at radius 2 is 1.96 bits per heavy atom. The molecular weight excluding hydrogens is 288 g/mol. The highest BCUT2D eigenvalue weighted by Gasteiger charge is 2.02. The molecule has 0 bridgehead atoms. The molecule has 0 aliphatic carbocycles. The lowest BCUT2D eigenvalue weighted by Gasteiger charge is -2.12. The van der Waals surface area contributed by atoms with Crippen molar-refractivity contribution in [2.45, 2.75) is 52.5 Å². The maximum atomic E-state index is 11.7. The van der Waals surface area contributed by atoms with Gasteiger partial charge in [-0.1, -0.05) is 38.8 Å². The molecule has 0 unspecified atom stereocenters. The first kappa shape index (κ1) is 19.0. The minimum absolute atomic E-state index is 0.0611. The standard InChI is InChI=1S/C18H30N4O/c1-4-6-7-12-20-18(19-3)21-14-15-10-8-11-16(13-15)22-17(23)9-5-2/h8,10-11,13H,4-7,9,12,14H2,1-3H3,(H,22,23)(H2,19,20,21). The Labute approximate surface area is 140 Å². The maximum Gasteiger partial charge on any atom is 0.224 e. The quantitative estimate of drug-likeness (QED) is 0.372. The zero-order chi connectivity index (χ0) is 16.9. The Kier molecular flexibility index (Phi) is 9.52. The van der Waals surface area contributed by atoms with E-state index < -0.39 is 0 Å². The van der Waals surface area contributed by atoms with Gasteiger partial charge in [0.2, 0.25) is 5.91 Å². The molecule has 0 saturated heterocycles. The van der Waals surface area contributed by atoms with Crippen LogP contribution in [0.2, 0.25) is 0 Å². The van der Waals surface area contributed by atoms with Gasteiger partial charge in [0.1, 0.15) is 0 Å². The Balaban J connectivity index is 2.45. The summed E-state index contributed by atoms with van der Waals surface area (Å²) in [5.41, 5.74) is 1.95. The van der Waals surface area contributed by atoms with E-state index in [0.29, 0.717) is 13.0 Å². The van der Waals surface area contributed by atoms with E-state index in [9.17, 15) is 4.79 Å². The van der Waals surface area contributed by atoms with Crippen LogP contribution >= 0.6 is 0 Å². The Morgan fingerprint density at radius 1 is 1.13 bits per heavy atom. The second-order valence-corrected chi connectivity index (χ2v) is 5.56. The number of hydrogen-bond acceptors (Lipinski definition) is 2. The van der Waals surface area contributed by atoms with Crippen LogP contribution in [0, 0.1) is 0 Å². The molecule has 1 aromatic carbocycles. The smallest absolute Gasteiger partial charge is 0.224 e. The van der Waals surface area contributed by atoms with Gasteiger partial charge in [0.15, 0.2) is 5.96 Å². The summed E-state index contributed by atoms with van der Waals surface area (Å²) in [5.74, 6) is 0.868. The lowest BCUT2D eigenvalue weighted by molar-refractivity contribution is -0.116. The molecule has 5 heteroatoms. The number of carbonyl (C=O) groups excluding carboxylic acids is 1. The van der Waals surface area contributed by atoms with Crippen LogP contribution in [0.1, 0.15) is 51.5 Å². The highest BCUT2D eigenvalue weighted by molar-refractivity contribution is 5.90. The monoisotopic (exact) mass is 318 g/mol. The SMILES string of the molecule is CCCCCNC(=NC)NCc1cccc(NC(=O)CCC)c1. The number of nitrogens with zero attached hydrogens (tertiary/aromatic N) is 1. The summed E-state index contributed by atoms with van der Waals surface area (Å²) >= 11 is 0. The van der Waals surface area contributed by atoms with Gasteiger partial charge in [-0.15, -0.1) is 0 Å². The van der Waals surface area contributed by atoms with Crippen molar-refractivity contribution in [3.63, 3.8) is 0 Å². The van der Waals surface area contributed by atoms with Crippen molar-refractivity contribution in [3.8, 4) is 0 Å². The van der Waals surface area contributed by atoms with Crippen LogP contribution < -0.4 is 16.0 Å². The molecular formula is C18H30N4O. The maximum absolute atomic E-state index is 11.7. The number of nitrogens with one attached hydrogen (secondary N) is 3. The molecule has 5 nitrogen and oxygen atoms in total. The van der Waals surface area contributed by atoms with E-state index in [-0.39, 0.29) is 5.91 Å². The van der Waals surface area contributed by atoms with Gasteiger partial charge in [-0.2, -0.15) is 0 Å². The van der Waals surface area contributed by atoms with Crippen LogP contribution in [-0.4, -0.2) is 25.5 Å². The van der Waals surface area contributed by atoms with E-state index in [1.165, 1.54) is 12.8 Å². The second-order valence-electron chi connectivity index (χ2n) is 5.56. The van der Waals surface area contributed by atoms with Gasteiger partial charge in [0, 0.05) is 32.2 Å². The topological polar surface area (TPSA) is 65.5 Å². The first-order valence-electron chi connectivity index (χ1n) is 8.52. The molecule has 1 aromatic rings. The lowest BCUT2D eigenvalue weighted by atomic mass is 10.2. The van der Waals surface area contributed by atoms with Gasteiger partial charge in [-0.3, -0.25) is 9.79 Å². The number of hydrogen-bond donors (Lipinski definition) is 3. The summed E-state index contributed by atoms with van der Waals surface area (Å²) in [6, 6.07) is 7.89. The van der Waals surface area contributed by atoms with Gasteiger partial charge in [0.25, 0.3) is 0 Å². The highest BCUT2D eigenvalue weighted by Crippen LogP contribution is 2.11. The molecule has 0 aliphatic heterocycles. The summed E-state index contributed by atoms with van der Waals surface area (Å²) in [6.07, 6.45) is 4.99. The summed E-state index contributed by atoms with van der Waals surface area (Å²) in [4.78, 5) is 15.9. The number of benzene rings is 1. The molecule has 0 radical (unpaired) electrons. The van der Waals surface area contributed by atoms with E-state index in [0.717, 1.165) is 36.6 Å². The third-order valence-electron chi connectivity index (χ3n) is 3.44. The minimum Gasteiger partial charge on any atom is -0.356 e. The third-order valence-corrected chi connectivity index (χ3v) is 3.44. The molecule has 0 aromatic heterocycles. The third kappa shape index (κ3) is 8.24. The molecule has 1 amide bonds. The minimum atomic E-state index is 0.0611. The number of carbonyl (C=O) groups is 1. The van der Waals surface area contributed by atoms with Crippen molar-refractivity contribution in [2.24, 2.45) is 4.99 Å². The first-order valence-corrected chi connectivity index (χ1v) is 8.52. The number of anilines is 1. The molecule has 0 saturated carbocycles. The van der Waals surface area contributed by atoms with Crippen LogP contribution in [-0.2, 0) is 11.3 Å². The zero-order valence-electron chi connectivity index (χ0n) is 14.6. The van der Waals surface area contributed by atoms with Crippen LogP contribution in [0.5, 0.6) is 0 Å². The lowest BCUT2D eigenvalue weighted by Crippen LogP contribution is -2.37. The number of rotatable bonds is 9. The summed E-state index contributed by atoms with van der Waals surface area (Å²) < 4.78 is 0. The highest BCUT2D eigenvalue weighted by atomic mass is 16.1. The van der Waals surface area contributed by atoms with E-state index in [1.807, 2.05) is 31.2 Å². The summed E-state index contributed by atoms with van der Waals surface area (Å²) in [6.45, 7) is 5.80. The van der Waals surface area contributed by atoms with E-state index in [1.54, 1.807) is 7.05 Å². The van der Waals surface area contributed by atoms with Crippen molar-refractivity contribution >= 4 is 17.6 Å². The van der Waals surface area contributed by atoms with Crippen LogP contribution in [0.4, 0.5) is 5.69 Å².